The minimum atomic E-state index is -0.983. The quantitative estimate of drug-likeness (QED) is 0.210. The van der Waals surface area contributed by atoms with Crippen molar-refractivity contribution in [2.75, 3.05) is 0 Å². The molecule has 0 fully saturated rings. The molecule has 1 atom stereocenters. The van der Waals surface area contributed by atoms with E-state index in [2.05, 4.69) is 56.7 Å². The zero-order valence-corrected chi connectivity index (χ0v) is 23.1. The van der Waals surface area contributed by atoms with E-state index >= 15 is 0 Å². The van der Waals surface area contributed by atoms with Crippen molar-refractivity contribution in [3.63, 3.8) is 0 Å². The SMILES string of the molecule is C=C(N)CCc1ccc(C)cc1.C=C=C/C=C(\C=C/C)C(=C)/C(=C(/C)N)C(C)(O)CCC.Cl.N.O.[HH]. The van der Waals surface area contributed by atoms with Crippen molar-refractivity contribution >= 4 is 12.4 Å². The molecule has 1 rings (SSSR count). The van der Waals surface area contributed by atoms with Crippen molar-refractivity contribution in [1.82, 2.24) is 6.15 Å². The first-order valence-electron chi connectivity index (χ1n) is 11.1. The summed E-state index contributed by atoms with van der Waals surface area (Å²) in [5.41, 5.74) is 19.5. The number of hydrogen-bond donors (Lipinski definition) is 4. The van der Waals surface area contributed by atoms with Gasteiger partial charge in [0.25, 0.3) is 0 Å². The molecule has 1 aromatic carbocycles. The van der Waals surface area contributed by atoms with Crippen LogP contribution in [0.5, 0.6) is 0 Å². The molecular weight excluding hydrogens is 458 g/mol. The third kappa shape index (κ3) is 15.7. The number of rotatable bonds is 10. The molecule has 0 saturated heterocycles. The summed E-state index contributed by atoms with van der Waals surface area (Å²) in [4.78, 5) is 0. The summed E-state index contributed by atoms with van der Waals surface area (Å²) < 4.78 is 0. The van der Waals surface area contributed by atoms with Crippen LogP contribution in [0.4, 0.5) is 0 Å². The number of aryl methyl sites for hydroxylation is 2. The van der Waals surface area contributed by atoms with Gasteiger partial charge < -0.3 is 28.2 Å². The normalized spacial score (nSPS) is 12.7. The first-order chi connectivity index (χ1) is 15.0. The fourth-order valence-corrected chi connectivity index (χ4v) is 3.39. The number of allylic oxidation sites excluding steroid dienone is 7. The van der Waals surface area contributed by atoms with Gasteiger partial charge in [0.05, 0.1) is 5.60 Å². The van der Waals surface area contributed by atoms with Crippen molar-refractivity contribution < 1.29 is 12.0 Å². The van der Waals surface area contributed by atoms with Gasteiger partial charge >= 0.3 is 0 Å². The predicted molar refractivity (Wildman–Crippen MR) is 159 cm³/mol. The number of hydrogen-bond acceptors (Lipinski definition) is 4. The predicted octanol–water partition coefficient (Wildman–Crippen LogP) is 6.58. The second-order valence-corrected chi connectivity index (χ2v) is 8.20. The topological polar surface area (TPSA) is 139 Å². The molecule has 0 aromatic heterocycles. The van der Waals surface area contributed by atoms with Crippen LogP contribution >= 0.6 is 12.4 Å². The molecule has 0 saturated carbocycles. The highest BCUT2D eigenvalue weighted by molar-refractivity contribution is 5.85. The number of aliphatic hydroxyl groups is 1. The lowest BCUT2D eigenvalue weighted by Crippen LogP contribution is -2.30. The first-order valence-corrected chi connectivity index (χ1v) is 11.1. The zero-order chi connectivity index (χ0) is 24.7. The average Bonchev–Trinajstić information content (AvgIpc) is 2.70. The van der Waals surface area contributed by atoms with Gasteiger partial charge in [0, 0.05) is 18.4 Å². The van der Waals surface area contributed by atoms with Crippen LogP contribution < -0.4 is 17.6 Å². The third-order valence-corrected chi connectivity index (χ3v) is 4.90. The maximum Gasteiger partial charge on any atom is 0.0890 e. The third-order valence-electron chi connectivity index (χ3n) is 4.90. The Balaban J connectivity index is -0.000000174. The van der Waals surface area contributed by atoms with Crippen molar-refractivity contribution in [1.29, 1.82) is 0 Å². The van der Waals surface area contributed by atoms with Gasteiger partial charge in [0.15, 0.2) is 0 Å². The number of nitrogens with two attached hydrogens (primary N) is 2. The molecular formula is C29H50ClN3O2. The van der Waals surface area contributed by atoms with Crippen LogP contribution in [0, 0.1) is 6.92 Å². The smallest absolute Gasteiger partial charge is 0.0890 e. The van der Waals surface area contributed by atoms with Gasteiger partial charge in [-0.2, -0.15) is 0 Å². The average molecular weight is 508 g/mol. The largest absolute Gasteiger partial charge is 0.412 e. The van der Waals surface area contributed by atoms with Gasteiger partial charge in [-0.3, -0.25) is 0 Å². The standard InChI is InChI=1S/C18H27NO.C11H15N.ClH.H3N.H2O.H2/c1-7-10-12-16(11-8-2)14(4)17(15(5)19)18(6,20)13-9-3;1-9-3-6-11(7-4-9)8-5-10(2)12;;;;/h8,10-12,20H,1,4,9,13,19H2,2-3,5-6H3;3-4,6-7H,2,5,8,12H2,1H3;1H;1H3;1H2;1H/b11-8-,16-12+,17-15+;;;;;. The Morgan fingerprint density at radius 1 is 1.20 bits per heavy atom. The van der Waals surface area contributed by atoms with Gasteiger partial charge in [-0.05, 0) is 75.8 Å². The maximum absolute atomic E-state index is 10.7. The van der Waals surface area contributed by atoms with Crippen LogP contribution in [0.15, 0.2) is 102 Å². The van der Waals surface area contributed by atoms with E-state index in [4.69, 9.17) is 11.5 Å². The Morgan fingerprint density at radius 2 is 1.74 bits per heavy atom. The van der Waals surface area contributed by atoms with E-state index in [0.29, 0.717) is 17.7 Å². The van der Waals surface area contributed by atoms with Crippen molar-refractivity contribution in [2.45, 2.75) is 65.9 Å². The summed E-state index contributed by atoms with van der Waals surface area (Å²) in [6.07, 6.45) is 10.8. The first kappa shape index (κ1) is 39.4. The fourth-order valence-electron chi connectivity index (χ4n) is 3.39. The molecule has 200 valence electrons. The summed E-state index contributed by atoms with van der Waals surface area (Å²) in [6.45, 7) is 20.9. The molecule has 1 aromatic rings. The molecule has 6 heteroatoms. The van der Waals surface area contributed by atoms with Crippen LogP contribution in [0.3, 0.4) is 0 Å². The summed E-state index contributed by atoms with van der Waals surface area (Å²) in [5, 5.41) is 10.7. The number of halogens is 1. The van der Waals surface area contributed by atoms with Crippen molar-refractivity contribution in [3.8, 4) is 0 Å². The molecule has 0 aliphatic carbocycles. The van der Waals surface area contributed by atoms with E-state index in [1.54, 1.807) is 19.9 Å². The van der Waals surface area contributed by atoms with E-state index in [1.807, 2.05) is 32.1 Å². The van der Waals surface area contributed by atoms with Crippen LogP contribution in [-0.2, 0) is 6.42 Å². The Kier molecular flexibility index (Phi) is 23.2. The lowest BCUT2D eigenvalue weighted by molar-refractivity contribution is 0.0897. The van der Waals surface area contributed by atoms with Gasteiger partial charge in [0.2, 0.25) is 0 Å². The van der Waals surface area contributed by atoms with E-state index in [0.717, 1.165) is 36.1 Å². The van der Waals surface area contributed by atoms with Crippen LogP contribution in [0.25, 0.3) is 0 Å². The van der Waals surface area contributed by atoms with E-state index in [1.165, 1.54) is 11.1 Å². The Bertz CT molecular complexity index is 907. The minimum absolute atomic E-state index is 0. The molecule has 35 heavy (non-hydrogen) atoms. The number of benzene rings is 1. The highest BCUT2D eigenvalue weighted by Gasteiger charge is 2.28. The monoisotopic (exact) mass is 507 g/mol. The molecule has 0 heterocycles. The lowest BCUT2D eigenvalue weighted by atomic mass is 9.82. The Morgan fingerprint density at radius 3 is 2.14 bits per heavy atom. The van der Waals surface area contributed by atoms with Gasteiger partial charge in [-0.15, -0.1) is 18.1 Å². The van der Waals surface area contributed by atoms with E-state index in [-0.39, 0.29) is 25.5 Å². The van der Waals surface area contributed by atoms with E-state index < -0.39 is 5.60 Å². The highest BCUT2D eigenvalue weighted by Crippen LogP contribution is 2.33. The summed E-state index contributed by atoms with van der Waals surface area (Å²) >= 11 is 0. The van der Waals surface area contributed by atoms with Crippen molar-refractivity contribution in [2.24, 2.45) is 11.5 Å². The summed E-state index contributed by atoms with van der Waals surface area (Å²) in [6, 6.07) is 8.51. The van der Waals surface area contributed by atoms with Crippen molar-refractivity contribution in [3.05, 3.63) is 113 Å². The van der Waals surface area contributed by atoms with Crippen LogP contribution in [0.1, 0.15) is 59.5 Å². The van der Waals surface area contributed by atoms with Gasteiger partial charge in [-0.25, -0.2) is 0 Å². The second kappa shape index (κ2) is 20.6. The fraction of sp³-hybridized carbons (Fsp3) is 0.345. The molecule has 1 unspecified atom stereocenters. The minimum Gasteiger partial charge on any atom is -0.412 e. The highest BCUT2D eigenvalue weighted by atomic mass is 35.5. The van der Waals surface area contributed by atoms with E-state index in [9.17, 15) is 5.11 Å². The molecule has 0 aliphatic rings. The molecule has 0 bridgehead atoms. The molecule has 0 spiro atoms. The Labute approximate surface area is 221 Å². The van der Waals surface area contributed by atoms with Gasteiger partial charge in [-0.1, -0.05) is 75.1 Å². The maximum atomic E-state index is 10.7. The van der Waals surface area contributed by atoms with Gasteiger partial charge in [0.1, 0.15) is 0 Å². The second-order valence-electron chi connectivity index (χ2n) is 8.20. The van der Waals surface area contributed by atoms with Crippen LogP contribution in [0.2, 0.25) is 0 Å². The molecule has 0 amide bonds. The Hall–Kier alpha value is -2.79. The summed E-state index contributed by atoms with van der Waals surface area (Å²) in [7, 11) is 0. The molecule has 0 radical (unpaired) electrons. The zero-order valence-electron chi connectivity index (χ0n) is 22.3. The molecule has 10 N–H and O–H groups in total. The molecule has 5 nitrogen and oxygen atoms in total. The summed E-state index contributed by atoms with van der Waals surface area (Å²) in [5.74, 6) is 0. The lowest BCUT2D eigenvalue weighted by Gasteiger charge is -2.29. The van der Waals surface area contributed by atoms with Crippen LogP contribution in [-0.4, -0.2) is 16.2 Å². The molecule has 0 aliphatic heterocycles.